The average Bonchev–Trinajstić information content (AvgIpc) is 3.44. The molecule has 1 saturated heterocycles. The van der Waals surface area contributed by atoms with Crippen molar-refractivity contribution in [1.82, 2.24) is 14.9 Å². The van der Waals surface area contributed by atoms with Gasteiger partial charge in [-0.3, -0.25) is 4.98 Å². The molecule has 0 spiro atoms. The smallest absolute Gasteiger partial charge is 0.174 e. The number of nitrogens with zero attached hydrogens (tertiary/aromatic N) is 3. The number of thiocarbonyl (C=S) groups is 1. The van der Waals surface area contributed by atoms with Crippen LogP contribution >= 0.6 is 39.7 Å². The van der Waals surface area contributed by atoms with Crippen LogP contribution < -0.4 is 15.0 Å². The molecule has 0 unspecified atom stereocenters. The molecule has 0 radical (unpaired) electrons. The molecule has 1 aliphatic rings. The van der Waals surface area contributed by atoms with E-state index in [1.807, 2.05) is 54.6 Å². The van der Waals surface area contributed by atoms with Crippen LogP contribution in [0.5, 0.6) is 5.75 Å². The first-order valence-electron chi connectivity index (χ1n) is 10.3. The van der Waals surface area contributed by atoms with Crippen LogP contribution in [0.1, 0.15) is 23.5 Å². The van der Waals surface area contributed by atoms with Gasteiger partial charge in [0.1, 0.15) is 11.8 Å². The van der Waals surface area contributed by atoms with Gasteiger partial charge in [0, 0.05) is 33.9 Å². The molecule has 0 saturated carbocycles. The summed E-state index contributed by atoms with van der Waals surface area (Å²) in [5, 5.41) is 4.63. The van der Waals surface area contributed by atoms with Gasteiger partial charge in [0.15, 0.2) is 5.11 Å². The van der Waals surface area contributed by atoms with Gasteiger partial charge in [-0.15, -0.1) is 0 Å². The molecular weight excluding hydrogens is 520 g/mol. The third-order valence-corrected chi connectivity index (χ3v) is 6.78. The number of rotatable bonds is 5. The minimum atomic E-state index is -0.161. The van der Waals surface area contributed by atoms with Gasteiger partial charge < -0.3 is 19.5 Å². The quantitative estimate of drug-likeness (QED) is 0.294. The molecule has 0 aliphatic carbocycles. The summed E-state index contributed by atoms with van der Waals surface area (Å²) in [7, 11) is 1.60. The fourth-order valence-electron chi connectivity index (χ4n) is 4.23. The molecule has 0 amide bonds. The summed E-state index contributed by atoms with van der Waals surface area (Å²) in [6, 6.07) is 23.7. The van der Waals surface area contributed by atoms with E-state index in [0.29, 0.717) is 15.9 Å². The van der Waals surface area contributed by atoms with Gasteiger partial charge in [-0.1, -0.05) is 39.7 Å². The Kier molecular flexibility index (Phi) is 6.10. The summed E-state index contributed by atoms with van der Waals surface area (Å²) in [5.41, 5.74) is 3.91. The van der Waals surface area contributed by atoms with E-state index in [1.54, 1.807) is 13.3 Å². The van der Waals surface area contributed by atoms with Crippen molar-refractivity contribution in [2.24, 2.45) is 0 Å². The number of methoxy groups -OCH3 is 1. The highest BCUT2D eigenvalue weighted by Crippen LogP contribution is 2.43. The van der Waals surface area contributed by atoms with Crippen molar-refractivity contribution in [3.05, 3.63) is 106 Å². The maximum atomic E-state index is 6.49. The number of hydrogen-bond donors (Lipinski definition) is 1. The van der Waals surface area contributed by atoms with Crippen molar-refractivity contribution >= 4 is 50.5 Å². The first-order chi connectivity index (χ1) is 16.1. The van der Waals surface area contributed by atoms with E-state index in [2.05, 4.69) is 60.1 Å². The van der Waals surface area contributed by atoms with Crippen LogP contribution in [-0.4, -0.2) is 21.8 Å². The summed E-state index contributed by atoms with van der Waals surface area (Å²) in [4.78, 5) is 6.73. The van der Waals surface area contributed by atoms with Gasteiger partial charge >= 0.3 is 0 Å². The highest BCUT2D eigenvalue weighted by Gasteiger charge is 2.42. The van der Waals surface area contributed by atoms with Crippen LogP contribution in [0.4, 0.5) is 5.69 Å². The monoisotopic (exact) mass is 538 g/mol. The SMILES string of the molecule is COc1ccc(N2C(=S)N[C@H](c3ccccn3)[C@@H]2c2cccn2-c2cccc(Br)c2)cc1Cl. The Bertz CT molecular complexity index is 1310. The number of ether oxygens (including phenoxy) is 1. The van der Waals surface area contributed by atoms with Gasteiger partial charge in [-0.2, -0.15) is 0 Å². The fraction of sp³-hybridized carbons (Fsp3) is 0.120. The van der Waals surface area contributed by atoms with Crippen LogP contribution in [0.2, 0.25) is 5.02 Å². The Hall–Kier alpha value is -2.87. The summed E-state index contributed by atoms with van der Waals surface area (Å²) >= 11 is 15.9. The number of hydrogen-bond acceptors (Lipinski definition) is 3. The zero-order chi connectivity index (χ0) is 22.9. The van der Waals surface area contributed by atoms with Gasteiger partial charge in [-0.05, 0) is 72.9 Å². The molecule has 2 aromatic heterocycles. The van der Waals surface area contributed by atoms with E-state index in [4.69, 9.17) is 28.6 Å². The number of anilines is 1. The van der Waals surface area contributed by atoms with Crippen molar-refractivity contribution in [1.29, 1.82) is 0 Å². The zero-order valence-corrected chi connectivity index (χ0v) is 20.8. The Balaban J connectivity index is 1.67. The van der Waals surface area contributed by atoms with Crippen LogP contribution in [0.25, 0.3) is 5.69 Å². The number of aromatic nitrogens is 2. The first kappa shape index (κ1) is 21.9. The minimum absolute atomic E-state index is 0.152. The average molecular weight is 540 g/mol. The lowest BCUT2D eigenvalue weighted by atomic mass is 10.0. The molecule has 3 heterocycles. The molecular formula is C25H20BrClN4OS. The van der Waals surface area contributed by atoms with E-state index in [9.17, 15) is 0 Å². The van der Waals surface area contributed by atoms with Crippen molar-refractivity contribution in [3.8, 4) is 11.4 Å². The van der Waals surface area contributed by atoms with Crippen molar-refractivity contribution in [2.45, 2.75) is 12.1 Å². The van der Waals surface area contributed by atoms with Gasteiger partial charge in [-0.25, -0.2) is 0 Å². The second-order valence-corrected chi connectivity index (χ2v) is 9.31. The van der Waals surface area contributed by atoms with Crippen LogP contribution in [0.3, 0.4) is 0 Å². The van der Waals surface area contributed by atoms with E-state index in [-0.39, 0.29) is 12.1 Å². The lowest BCUT2D eigenvalue weighted by Gasteiger charge is -2.29. The summed E-state index contributed by atoms with van der Waals surface area (Å²) < 4.78 is 8.54. The molecule has 2 aromatic carbocycles. The maximum Gasteiger partial charge on any atom is 0.174 e. The number of pyridine rings is 1. The summed E-state index contributed by atoms with van der Waals surface area (Å²) in [6.45, 7) is 0. The molecule has 4 aromatic rings. The van der Waals surface area contributed by atoms with Gasteiger partial charge in [0.2, 0.25) is 0 Å². The molecule has 5 nitrogen and oxygen atoms in total. The van der Waals surface area contributed by atoms with Crippen LogP contribution in [0.15, 0.2) is 89.7 Å². The van der Waals surface area contributed by atoms with E-state index in [1.165, 1.54) is 0 Å². The van der Waals surface area contributed by atoms with Gasteiger partial charge in [0.05, 0.1) is 23.9 Å². The first-order valence-corrected chi connectivity index (χ1v) is 11.9. The predicted molar refractivity (Wildman–Crippen MR) is 139 cm³/mol. The molecule has 0 bridgehead atoms. The Morgan fingerprint density at radius 1 is 1.03 bits per heavy atom. The second kappa shape index (κ2) is 9.17. The highest BCUT2D eigenvalue weighted by molar-refractivity contribution is 9.10. The lowest BCUT2D eigenvalue weighted by Crippen LogP contribution is -2.30. The largest absolute Gasteiger partial charge is 0.495 e. The van der Waals surface area contributed by atoms with E-state index < -0.39 is 0 Å². The standard InChI is InChI=1S/C25H20BrClN4OS/c1-32-22-11-10-18(15-19(22)27)31-24(23(29-25(31)33)20-8-2-3-12-28-20)21-9-5-13-30(21)17-7-4-6-16(26)14-17/h2-15,23-24H,1H3,(H,29,33)/t23-,24+/m1/s1. The van der Waals surface area contributed by atoms with Crippen LogP contribution in [0, 0.1) is 0 Å². The Labute approximate surface area is 211 Å². The Morgan fingerprint density at radius 2 is 1.91 bits per heavy atom. The molecule has 33 heavy (non-hydrogen) atoms. The molecule has 8 heteroatoms. The van der Waals surface area contributed by atoms with Crippen LogP contribution in [-0.2, 0) is 0 Å². The number of nitrogens with one attached hydrogen (secondary N) is 1. The third kappa shape index (κ3) is 4.12. The Morgan fingerprint density at radius 3 is 2.64 bits per heavy atom. The number of benzene rings is 2. The van der Waals surface area contributed by atoms with Crippen molar-refractivity contribution in [2.75, 3.05) is 12.0 Å². The zero-order valence-electron chi connectivity index (χ0n) is 17.7. The number of halogens is 2. The van der Waals surface area contributed by atoms with Crippen molar-refractivity contribution in [3.63, 3.8) is 0 Å². The highest BCUT2D eigenvalue weighted by atomic mass is 79.9. The molecule has 1 aliphatic heterocycles. The van der Waals surface area contributed by atoms with Crippen molar-refractivity contribution < 1.29 is 4.74 Å². The lowest BCUT2D eigenvalue weighted by molar-refractivity contribution is 0.415. The topological polar surface area (TPSA) is 42.3 Å². The molecule has 5 rings (SSSR count). The molecule has 1 N–H and O–H groups in total. The molecule has 1 fully saturated rings. The summed E-state index contributed by atoms with van der Waals surface area (Å²) in [6.07, 6.45) is 3.87. The molecule has 2 atom stereocenters. The normalized spacial score (nSPS) is 17.8. The predicted octanol–water partition coefficient (Wildman–Crippen LogP) is 6.47. The second-order valence-electron chi connectivity index (χ2n) is 7.60. The van der Waals surface area contributed by atoms with E-state index in [0.717, 1.165) is 27.2 Å². The third-order valence-electron chi connectivity index (χ3n) is 5.68. The fourth-order valence-corrected chi connectivity index (χ4v) is 5.22. The maximum absolute atomic E-state index is 6.49. The van der Waals surface area contributed by atoms with E-state index >= 15 is 0 Å². The minimum Gasteiger partial charge on any atom is -0.495 e. The summed E-state index contributed by atoms with van der Waals surface area (Å²) in [5.74, 6) is 0.619. The van der Waals surface area contributed by atoms with Gasteiger partial charge in [0.25, 0.3) is 0 Å². The molecule has 166 valence electrons.